The smallest absolute Gasteiger partial charge is 0.325 e. The first kappa shape index (κ1) is 15.5. The van der Waals surface area contributed by atoms with E-state index in [1.54, 1.807) is 13.8 Å². The number of rotatable bonds is 6. The highest BCUT2D eigenvalue weighted by Crippen LogP contribution is 2.09. The van der Waals surface area contributed by atoms with E-state index in [1.165, 1.54) is 0 Å². The van der Waals surface area contributed by atoms with Gasteiger partial charge in [0.05, 0.1) is 13.0 Å². The third-order valence-corrected chi connectivity index (χ3v) is 2.87. The van der Waals surface area contributed by atoms with E-state index in [4.69, 9.17) is 4.74 Å². The van der Waals surface area contributed by atoms with Crippen LogP contribution in [0.15, 0.2) is 14.2 Å². The Balaban J connectivity index is 1.83. The summed E-state index contributed by atoms with van der Waals surface area (Å²) in [6.45, 7) is 3.64. The van der Waals surface area contributed by atoms with E-state index in [9.17, 15) is 14.4 Å². The predicted octanol–water partition coefficient (Wildman–Crippen LogP) is -1.20. The van der Waals surface area contributed by atoms with Crippen LogP contribution in [0.1, 0.15) is 17.0 Å². The number of aryl methyl sites for hydroxylation is 2. The monoisotopic (exact) mass is 309 g/mol. The Morgan fingerprint density at radius 3 is 2.68 bits per heavy atom. The molecule has 2 aromatic heterocycles. The Hall–Kier alpha value is -2.91. The van der Waals surface area contributed by atoms with Gasteiger partial charge >= 0.3 is 5.69 Å². The molecule has 2 aromatic rings. The highest BCUT2D eigenvalue weighted by Gasteiger charge is 2.11. The van der Waals surface area contributed by atoms with Gasteiger partial charge in [-0.1, -0.05) is 5.16 Å². The van der Waals surface area contributed by atoms with Gasteiger partial charge < -0.3 is 15.0 Å². The van der Waals surface area contributed by atoms with Crippen molar-refractivity contribution in [3.05, 3.63) is 37.8 Å². The number of ether oxygens (including phenoxy) is 1. The fraction of sp³-hybridized carbons (Fsp3) is 0.417. The molecular weight excluding hydrogens is 294 g/mol. The summed E-state index contributed by atoms with van der Waals surface area (Å²) in [7, 11) is 0. The molecule has 0 fully saturated rings. The van der Waals surface area contributed by atoms with Crippen molar-refractivity contribution in [1.29, 1.82) is 0 Å². The van der Waals surface area contributed by atoms with Crippen molar-refractivity contribution in [2.45, 2.75) is 20.3 Å². The molecule has 3 N–H and O–H groups in total. The van der Waals surface area contributed by atoms with Crippen LogP contribution in [0.5, 0.6) is 5.88 Å². The maximum atomic E-state index is 11.8. The number of aromatic nitrogens is 4. The molecule has 0 saturated heterocycles. The normalized spacial score (nSPS) is 10.5. The molecule has 22 heavy (non-hydrogen) atoms. The zero-order valence-corrected chi connectivity index (χ0v) is 12.1. The summed E-state index contributed by atoms with van der Waals surface area (Å²) < 4.78 is 9.70. The van der Waals surface area contributed by atoms with Gasteiger partial charge in [-0.3, -0.25) is 14.6 Å². The Morgan fingerprint density at radius 1 is 1.27 bits per heavy atom. The third-order valence-electron chi connectivity index (χ3n) is 2.87. The van der Waals surface area contributed by atoms with Crippen molar-refractivity contribution in [3.8, 4) is 5.88 Å². The fourth-order valence-electron chi connectivity index (χ4n) is 1.75. The van der Waals surface area contributed by atoms with E-state index in [0.29, 0.717) is 11.4 Å². The van der Waals surface area contributed by atoms with Crippen LogP contribution in [0, 0.1) is 13.8 Å². The lowest BCUT2D eigenvalue weighted by atomic mass is 10.1. The minimum absolute atomic E-state index is 0.136. The quantitative estimate of drug-likeness (QED) is 0.569. The van der Waals surface area contributed by atoms with Crippen LogP contribution in [0.3, 0.4) is 0 Å². The van der Waals surface area contributed by atoms with Gasteiger partial charge in [-0.2, -0.15) is 0 Å². The number of H-pyrrole nitrogens is 2. The summed E-state index contributed by atoms with van der Waals surface area (Å²) >= 11 is 0. The molecule has 118 valence electrons. The molecule has 2 heterocycles. The molecule has 0 unspecified atom stereocenters. The molecule has 0 aliphatic rings. The minimum atomic E-state index is -0.600. The molecule has 10 nitrogen and oxygen atoms in total. The summed E-state index contributed by atoms with van der Waals surface area (Å²) in [6, 6.07) is 0. The topological polar surface area (TPSA) is 143 Å². The Labute approximate surface area is 123 Å². The van der Waals surface area contributed by atoms with Crippen LogP contribution in [0.25, 0.3) is 0 Å². The first-order valence-electron chi connectivity index (χ1n) is 6.48. The highest BCUT2D eigenvalue weighted by molar-refractivity contribution is 5.78. The van der Waals surface area contributed by atoms with E-state index in [2.05, 4.69) is 30.2 Å². The van der Waals surface area contributed by atoms with Crippen molar-refractivity contribution in [2.75, 3.05) is 13.2 Å². The lowest BCUT2D eigenvalue weighted by Crippen LogP contribution is -2.34. The minimum Gasteiger partial charge on any atom is -0.472 e. The second-order valence-electron chi connectivity index (χ2n) is 4.54. The van der Waals surface area contributed by atoms with Crippen LogP contribution in [0.4, 0.5) is 0 Å². The zero-order chi connectivity index (χ0) is 16.1. The van der Waals surface area contributed by atoms with Crippen molar-refractivity contribution in [2.24, 2.45) is 0 Å². The number of nitrogens with one attached hydrogen (secondary N) is 3. The maximum absolute atomic E-state index is 11.8. The van der Waals surface area contributed by atoms with Gasteiger partial charge in [-0.15, -0.1) is 0 Å². The molecule has 0 aliphatic heterocycles. The summed E-state index contributed by atoms with van der Waals surface area (Å²) in [4.78, 5) is 39.0. The van der Waals surface area contributed by atoms with Crippen molar-refractivity contribution in [1.82, 2.24) is 25.6 Å². The molecule has 0 radical (unpaired) electrons. The predicted molar refractivity (Wildman–Crippen MR) is 73.7 cm³/mol. The molecule has 0 bridgehead atoms. The third kappa shape index (κ3) is 3.81. The van der Waals surface area contributed by atoms with Crippen LogP contribution in [-0.2, 0) is 11.2 Å². The number of carbonyl (C=O) groups is 1. The average molecular weight is 309 g/mol. The second-order valence-corrected chi connectivity index (χ2v) is 4.54. The largest absolute Gasteiger partial charge is 0.472 e. The first-order chi connectivity index (χ1) is 10.5. The molecule has 0 spiro atoms. The fourth-order valence-corrected chi connectivity index (χ4v) is 1.75. The first-order valence-corrected chi connectivity index (χ1v) is 6.48. The molecule has 10 heteroatoms. The van der Waals surface area contributed by atoms with E-state index in [1.807, 2.05) is 0 Å². The summed E-state index contributed by atoms with van der Waals surface area (Å²) in [5.74, 6) is -0.0959. The van der Waals surface area contributed by atoms with E-state index in [0.717, 1.165) is 0 Å². The van der Waals surface area contributed by atoms with Gasteiger partial charge in [0.15, 0.2) is 0 Å². The van der Waals surface area contributed by atoms with E-state index < -0.39 is 11.2 Å². The lowest BCUT2D eigenvalue weighted by Gasteiger charge is -2.06. The summed E-state index contributed by atoms with van der Waals surface area (Å²) in [5.41, 5.74) is -0.0747. The molecule has 0 atom stereocenters. The Kier molecular flexibility index (Phi) is 4.71. The van der Waals surface area contributed by atoms with E-state index >= 15 is 0 Å². The van der Waals surface area contributed by atoms with Crippen molar-refractivity contribution in [3.63, 3.8) is 0 Å². The number of aromatic amines is 2. The maximum Gasteiger partial charge on any atom is 0.325 e. The molecule has 2 rings (SSSR count). The number of carbonyl (C=O) groups excluding carboxylic acids is 1. The summed E-state index contributed by atoms with van der Waals surface area (Å²) in [6.07, 6.45) is -0.136. The number of hydrogen-bond acceptors (Lipinski definition) is 7. The van der Waals surface area contributed by atoms with Crippen molar-refractivity contribution >= 4 is 5.91 Å². The zero-order valence-electron chi connectivity index (χ0n) is 12.1. The van der Waals surface area contributed by atoms with Crippen LogP contribution in [0.2, 0.25) is 0 Å². The number of hydrogen-bond donors (Lipinski definition) is 3. The van der Waals surface area contributed by atoms with Gasteiger partial charge in [-0.05, 0) is 19.0 Å². The van der Waals surface area contributed by atoms with Gasteiger partial charge in [0, 0.05) is 11.3 Å². The standard InChI is InChI=1S/C12H15N5O5/c1-6-8(10(19)15-12(20)14-6)5-9(18)13-3-4-21-11-7(2)16-22-17-11/h3-5H2,1-2H3,(H,13,18)(H2,14,15,19,20). The second kappa shape index (κ2) is 6.70. The Morgan fingerprint density at radius 2 is 2.05 bits per heavy atom. The van der Waals surface area contributed by atoms with Crippen LogP contribution in [-0.4, -0.2) is 39.3 Å². The number of amides is 1. The van der Waals surface area contributed by atoms with E-state index in [-0.39, 0.29) is 36.9 Å². The molecule has 0 aromatic carbocycles. The van der Waals surface area contributed by atoms with Crippen LogP contribution < -0.4 is 21.3 Å². The van der Waals surface area contributed by atoms with Gasteiger partial charge in [0.1, 0.15) is 12.3 Å². The highest BCUT2D eigenvalue weighted by atomic mass is 16.6. The van der Waals surface area contributed by atoms with Gasteiger partial charge in [-0.25, -0.2) is 9.42 Å². The lowest BCUT2D eigenvalue weighted by molar-refractivity contribution is -0.120. The average Bonchev–Trinajstić information content (AvgIpc) is 2.84. The van der Waals surface area contributed by atoms with Gasteiger partial charge in [0.2, 0.25) is 5.91 Å². The molecular formula is C12H15N5O5. The number of nitrogens with zero attached hydrogens (tertiary/aromatic N) is 2. The van der Waals surface area contributed by atoms with Crippen LogP contribution >= 0.6 is 0 Å². The molecule has 1 amide bonds. The molecule has 0 saturated carbocycles. The van der Waals surface area contributed by atoms with Crippen molar-refractivity contribution < 1.29 is 14.2 Å². The molecule has 0 aliphatic carbocycles. The summed E-state index contributed by atoms with van der Waals surface area (Å²) in [5, 5.41) is 9.67. The van der Waals surface area contributed by atoms with Gasteiger partial charge in [0.25, 0.3) is 11.4 Å². The Bertz CT molecular complexity index is 775. The SMILES string of the molecule is Cc1nonc1OCCNC(=O)Cc1c(C)[nH]c(=O)[nH]c1=O.